The minimum absolute atomic E-state index is 0.0505. The van der Waals surface area contributed by atoms with Crippen molar-refractivity contribution in [1.29, 1.82) is 0 Å². The van der Waals surface area contributed by atoms with Gasteiger partial charge in [-0.05, 0) is 19.1 Å². The summed E-state index contributed by atoms with van der Waals surface area (Å²) in [7, 11) is 0. The molecule has 4 heteroatoms. The van der Waals surface area contributed by atoms with Crippen LogP contribution in [0.1, 0.15) is 18.9 Å². The molecule has 2 nitrogen and oxygen atoms in total. The van der Waals surface area contributed by atoms with Crippen molar-refractivity contribution in [2.45, 2.75) is 19.8 Å². The van der Waals surface area contributed by atoms with Crippen LogP contribution >= 0.6 is 11.6 Å². The summed E-state index contributed by atoms with van der Waals surface area (Å²) in [5, 5.41) is 2.93. The second-order valence-electron chi connectivity index (χ2n) is 3.40. The highest BCUT2D eigenvalue weighted by molar-refractivity contribution is 6.31. The van der Waals surface area contributed by atoms with Crippen LogP contribution in [0.5, 0.6) is 0 Å². The zero-order valence-corrected chi connectivity index (χ0v) is 10.3. The highest BCUT2D eigenvalue weighted by Gasteiger charge is 2.10. The molecule has 0 atom stereocenters. The number of hydrogen-bond acceptors (Lipinski definition) is 1. The summed E-state index contributed by atoms with van der Waals surface area (Å²) in [6.07, 6.45) is 0.540. The van der Waals surface area contributed by atoms with Gasteiger partial charge in [-0.2, -0.15) is 0 Å². The fourth-order valence-electron chi connectivity index (χ4n) is 1.31. The monoisotopic (exact) mass is 253 g/mol. The Labute approximate surface area is 105 Å². The molecule has 0 heterocycles. The van der Waals surface area contributed by atoms with Gasteiger partial charge in [0.05, 0.1) is 6.42 Å². The third-order valence-electron chi connectivity index (χ3n) is 2.15. The molecule has 1 N–H and O–H groups in total. The van der Waals surface area contributed by atoms with Gasteiger partial charge < -0.3 is 5.32 Å². The first-order chi connectivity index (χ1) is 8.15. The van der Waals surface area contributed by atoms with Crippen LogP contribution in [0.3, 0.4) is 0 Å². The Balaban J connectivity index is 2.52. The van der Waals surface area contributed by atoms with Gasteiger partial charge in [0.1, 0.15) is 5.82 Å². The zero-order chi connectivity index (χ0) is 12.7. The standard InChI is InChI=1S/C13H13ClFNO/c1-2-3-4-8-16-13(17)9-10-11(14)6-5-7-12(10)15/h5-7H,4,8-9H2,1H3,(H,16,17). The van der Waals surface area contributed by atoms with Crippen LogP contribution in [-0.4, -0.2) is 12.5 Å². The number of benzene rings is 1. The topological polar surface area (TPSA) is 29.1 Å². The zero-order valence-electron chi connectivity index (χ0n) is 9.52. The van der Waals surface area contributed by atoms with Gasteiger partial charge >= 0.3 is 0 Å². The van der Waals surface area contributed by atoms with E-state index in [2.05, 4.69) is 17.2 Å². The molecule has 1 amide bonds. The van der Waals surface area contributed by atoms with E-state index in [1.54, 1.807) is 13.0 Å². The van der Waals surface area contributed by atoms with E-state index < -0.39 is 5.82 Å². The molecule has 17 heavy (non-hydrogen) atoms. The lowest BCUT2D eigenvalue weighted by molar-refractivity contribution is -0.120. The van der Waals surface area contributed by atoms with Crippen molar-refractivity contribution in [3.63, 3.8) is 0 Å². The van der Waals surface area contributed by atoms with E-state index in [0.29, 0.717) is 13.0 Å². The summed E-state index contributed by atoms with van der Waals surface area (Å²) in [6, 6.07) is 4.36. The Morgan fingerprint density at radius 3 is 2.94 bits per heavy atom. The highest BCUT2D eigenvalue weighted by Crippen LogP contribution is 2.19. The molecular weight excluding hydrogens is 241 g/mol. The number of carbonyl (C=O) groups is 1. The Bertz CT molecular complexity index is 442. The van der Waals surface area contributed by atoms with E-state index in [4.69, 9.17) is 11.6 Å². The van der Waals surface area contributed by atoms with Crippen molar-refractivity contribution in [2.75, 3.05) is 6.54 Å². The fraction of sp³-hybridized carbons (Fsp3) is 0.308. The molecule has 0 aliphatic heterocycles. The molecule has 1 aromatic rings. The minimum Gasteiger partial charge on any atom is -0.355 e. The summed E-state index contributed by atoms with van der Waals surface area (Å²) in [5.41, 5.74) is 0.230. The number of hydrogen-bond donors (Lipinski definition) is 1. The lowest BCUT2D eigenvalue weighted by Crippen LogP contribution is -2.26. The maximum absolute atomic E-state index is 13.4. The number of carbonyl (C=O) groups excluding carboxylic acids is 1. The Hall–Kier alpha value is -1.53. The normalized spacial score (nSPS) is 9.35. The van der Waals surface area contributed by atoms with Gasteiger partial charge in [-0.1, -0.05) is 17.7 Å². The first kappa shape index (κ1) is 13.5. The van der Waals surface area contributed by atoms with Gasteiger partial charge in [-0.3, -0.25) is 4.79 Å². The van der Waals surface area contributed by atoms with Gasteiger partial charge in [0, 0.05) is 23.6 Å². The van der Waals surface area contributed by atoms with Crippen LogP contribution in [0.15, 0.2) is 18.2 Å². The summed E-state index contributed by atoms with van der Waals surface area (Å²) in [5.74, 6) is 4.84. The highest BCUT2D eigenvalue weighted by atomic mass is 35.5. The number of rotatable bonds is 4. The van der Waals surface area contributed by atoms with Gasteiger partial charge in [0.15, 0.2) is 0 Å². The lowest BCUT2D eigenvalue weighted by Gasteiger charge is -2.06. The minimum atomic E-state index is -0.457. The summed E-state index contributed by atoms with van der Waals surface area (Å²) in [4.78, 5) is 11.5. The number of nitrogens with one attached hydrogen (secondary N) is 1. The molecule has 0 saturated heterocycles. The van der Waals surface area contributed by atoms with Crippen LogP contribution < -0.4 is 5.32 Å². The lowest BCUT2D eigenvalue weighted by atomic mass is 10.1. The van der Waals surface area contributed by atoms with Crippen molar-refractivity contribution in [1.82, 2.24) is 5.32 Å². The molecular formula is C13H13ClFNO. The number of halogens is 2. The summed E-state index contributed by atoms with van der Waals surface area (Å²) < 4.78 is 13.4. The molecule has 0 aromatic heterocycles. The van der Waals surface area contributed by atoms with Crippen LogP contribution in [0.4, 0.5) is 4.39 Å². The third kappa shape index (κ3) is 4.46. The molecule has 0 radical (unpaired) electrons. The molecule has 0 aliphatic rings. The average Bonchev–Trinajstić information content (AvgIpc) is 2.30. The van der Waals surface area contributed by atoms with E-state index in [1.165, 1.54) is 12.1 Å². The molecule has 1 rings (SSSR count). The molecule has 0 spiro atoms. The second kappa shape index (κ2) is 6.93. The van der Waals surface area contributed by atoms with Crippen LogP contribution in [-0.2, 0) is 11.2 Å². The van der Waals surface area contributed by atoms with Crippen molar-refractivity contribution >= 4 is 17.5 Å². The maximum atomic E-state index is 13.4. The quantitative estimate of drug-likeness (QED) is 0.649. The SMILES string of the molecule is CC#CCCNC(=O)Cc1c(F)cccc1Cl. The Morgan fingerprint density at radius 1 is 1.53 bits per heavy atom. The smallest absolute Gasteiger partial charge is 0.224 e. The van der Waals surface area contributed by atoms with Crippen molar-refractivity contribution < 1.29 is 9.18 Å². The molecule has 1 aromatic carbocycles. The predicted molar refractivity (Wildman–Crippen MR) is 66.2 cm³/mol. The molecule has 0 aliphatic carbocycles. The fourth-order valence-corrected chi connectivity index (χ4v) is 1.54. The van der Waals surface area contributed by atoms with Gasteiger partial charge in [0.25, 0.3) is 0 Å². The van der Waals surface area contributed by atoms with Gasteiger partial charge in [0.2, 0.25) is 5.91 Å². The molecule has 90 valence electrons. The van der Waals surface area contributed by atoms with Crippen LogP contribution in [0, 0.1) is 17.7 Å². The van der Waals surface area contributed by atoms with E-state index in [1.807, 2.05) is 0 Å². The maximum Gasteiger partial charge on any atom is 0.224 e. The largest absolute Gasteiger partial charge is 0.355 e. The van der Waals surface area contributed by atoms with Gasteiger partial charge in [-0.15, -0.1) is 11.8 Å². The van der Waals surface area contributed by atoms with Crippen molar-refractivity contribution in [2.24, 2.45) is 0 Å². The molecule has 0 bridgehead atoms. The van der Waals surface area contributed by atoms with E-state index >= 15 is 0 Å². The Kier molecular flexibility index (Phi) is 5.51. The summed E-state index contributed by atoms with van der Waals surface area (Å²) >= 11 is 5.82. The van der Waals surface area contributed by atoms with Crippen LogP contribution in [0.25, 0.3) is 0 Å². The number of amides is 1. The Morgan fingerprint density at radius 2 is 2.29 bits per heavy atom. The van der Waals surface area contributed by atoms with Gasteiger partial charge in [-0.25, -0.2) is 4.39 Å². The first-order valence-electron chi connectivity index (χ1n) is 5.24. The van der Waals surface area contributed by atoms with Crippen LogP contribution in [0.2, 0.25) is 5.02 Å². The summed E-state index contributed by atoms with van der Waals surface area (Å²) in [6.45, 7) is 2.20. The third-order valence-corrected chi connectivity index (χ3v) is 2.50. The second-order valence-corrected chi connectivity index (χ2v) is 3.81. The molecule has 0 unspecified atom stereocenters. The molecule has 0 saturated carbocycles. The van der Waals surface area contributed by atoms with Crippen molar-refractivity contribution in [3.8, 4) is 11.8 Å². The molecule has 0 fully saturated rings. The first-order valence-corrected chi connectivity index (χ1v) is 5.62. The predicted octanol–water partition coefficient (Wildman–Crippen LogP) is 2.55. The van der Waals surface area contributed by atoms with E-state index in [0.717, 1.165) is 0 Å². The van der Waals surface area contributed by atoms with Crippen molar-refractivity contribution in [3.05, 3.63) is 34.6 Å². The van der Waals surface area contributed by atoms with E-state index in [9.17, 15) is 9.18 Å². The average molecular weight is 254 g/mol. The van der Waals surface area contributed by atoms with E-state index in [-0.39, 0.29) is 22.9 Å².